The third kappa shape index (κ3) is 5.12. The molecule has 0 aliphatic heterocycles. The van der Waals surface area contributed by atoms with Crippen LogP contribution in [0.5, 0.6) is 0 Å². The first-order valence-electron chi connectivity index (χ1n) is 9.46. The molecule has 0 bridgehead atoms. The zero-order valence-electron chi connectivity index (χ0n) is 17.6. The van der Waals surface area contributed by atoms with Crippen molar-refractivity contribution in [3.8, 4) is 0 Å². The van der Waals surface area contributed by atoms with E-state index in [9.17, 15) is 0 Å². The fraction of sp³-hybridized carbons (Fsp3) is 0.636. The fourth-order valence-electron chi connectivity index (χ4n) is 2.86. The highest BCUT2D eigenvalue weighted by Crippen LogP contribution is 2.35. The molecule has 0 aromatic carbocycles. The molecular weight excluding hydrogens is 340 g/mol. The molecule has 0 N–H and O–H groups in total. The number of thiol groups is 1. The lowest BCUT2D eigenvalue weighted by Crippen LogP contribution is -2.19. The largest absolute Gasteiger partial charge is 0.444 e. The number of hydrogen-bond acceptors (Lipinski definition) is 4. The SMILES string of the molecule is CC(CCC(C)(C)c1ncc(C(C)(C)S)o1)c1ccc(C(C)(C)C)nc1. The molecule has 3 nitrogen and oxygen atoms in total. The van der Waals surface area contributed by atoms with Crippen LogP contribution in [0, 0.1) is 0 Å². The van der Waals surface area contributed by atoms with Crippen molar-refractivity contribution >= 4 is 12.6 Å². The van der Waals surface area contributed by atoms with Gasteiger partial charge in [-0.2, -0.15) is 12.6 Å². The number of oxazole rings is 1. The zero-order valence-corrected chi connectivity index (χ0v) is 18.4. The molecule has 2 heterocycles. The van der Waals surface area contributed by atoms with Gasteiger partial charge in [-0.15, -0.1) is 0 Å². The van der Waals surface area contributed by atoms with Gasteiger partial charge in [-0.25, -0.2) is 4.98 Å². The standard InChI is InChI=1S/C22H34N2OS/c1-15(16-9-10-17(23-13-16)20(2,3)4)11-12-21(5,6)19-24-14-18(25-19)22(7,8)26/h9-10,13-15,26H,11-12H2,1-8H3. The van der Waals surface area contributed by atoms with Crippen molar-refractivity contribution in [1.82, 2.24) is 9.97 Å². The molecule has 144 valence electrons. The highest BCUT2D eigenvalue weighted by molar-refractivity contribution is 7.81. The molecule has 1 atom stereocenters. The lowest BCUT2D eigenvalue weighted by atomic mass is 9.83. The Balaban J connectivity index is 2.03. The summed E-state index contributed by atoms with van der Waals surface area (Å²) in [4.78, 5) is 9.18. The van der Waals surface area contributed by atoms with Gasteiger partial charge < -0.3 is 4.42 Å². The second kappa shape index (κ2) is 7.38. The maximum Gasteiger partial charge on any atom is 0.200 e. The van der Waals surface area contributed by atoms with Gasteiger partial charge >= 0.3 is 0 Å². The first-order chi connectivity index (χ1) is 11.8. The van der Waals surface area contributed by atoms with Gasteiger partial charge in [0, 0.05) is 22.7 Å². The predicted octanol–water partition coefficient (Wildman–Crippen LogP) is 6.39. The second-order valence-electron chi connectivity index (χ2n) is 9.64. The summed E-state index contributed by atoms with van der Waals surface area (Å²) in [5.74, 6) is 2.06. The van der Waals surface area contributed by atoms with Gasteiger partial charge in [0.05, 0.1) is 10.9 Å². The van der Waals surface area contributed by atoms with Gasteiger partial charge in [-0.1, -0.05) is 47.6 Å². The molecule has 0 radical (unpaired) electrons. The molecule has 0 spiro atoms. The van der Waals surface area contributed by atoms with Crippen molar-refractivity contribution in [3.63, 3.8) is 0 Å². The van der Waals surface area contributed by atoms with Crippen LogP contribution in [0.4, 0.5) is 0 Å². The summed E-state index contributed by atoms with van der Waals surface area (Å²) in [6.45, 7) is 17.3. The summed E-state index contributed by atoms with van der Waals surface area (Å²) in [5.41, 5.74) is 2.41. The van der Waals surface area contributed by atoms with Gasteiger partial charge in [0.1, 0.15) is 5.76 Å². The average Bonchev–Trinajstić information content (AvgIpc) is 3.03. The highest BCUT2D eigenvalue weighted by atomic mass is 32.1. The normalized spacial score (nSPS) is 14.5. The molecule has 2 aromatic rings. The molecule has 0 amide bonds. The van der Waals surface area contributed by atoms with Crippen molar-refractivity contribution in [2.75, 3.05) is 0 Å². The zero-order chi connectivity index (χ0) is 19.8. The van der Waals surface area contributed by atoms with Gasteiger partial charge in [0.15, 0.2) is 5.89 Å². The van der Waals surface area contributed by atoms with Crippen molar-refractivity contribution in [2.24, 2.45) is 0 Å². The fourth-order valence-corrected chi connectivity index (χ4v) is 2.96. The van der Waals surface area contributed by atoms with Crippen LogP contribution < -0.4 is 0 Å². The number of aromatic nitrogens is 2. The smallest absolute Gasteiger partial charge is 0.200 e. The predicted molar refractivity (Wildman–Crippen MR) is 112 cm³/mol. The molecule has 2 rings (SSSR count). The lowest BCUT2D eigenvalue weighted by molar-refractivity contribution is 0.316. The Labute approximate surface area is 164 Å². The van der Waals surface area contributed by atoms with Crippen LogP contribution in [-0.4, -0.2) is 9.97 Å². The van der Waals surface area contributed by atoms with Crippen molar-refractivity contribution in [1.29, 1.82) is 0 Å². The summed E-state index contributed by atoms with van der Waals surface area (Å²) in [6, 6.07) is 4.38. The molecule has 0 saturated heterocycles. The summed E-state index contributed by atoms with van der Waals surface area (Å²) in [6.07, 6.45) is 5.90. The van der Waals surface area contributed by atoms with E-state index in [1.807, 2.05) is 26.2 Å². The molecule has 0 saturated carbocycles. The number of pyridine rings is 1. The van der Waals surface area contributed by atoms with E-state index in [0.29, 0.717) is 5.92 Å². The quantitative estimate of drug-likeness (QED) is 0.595. The van der Waals surface area contributed by atoms with E-state index >= 15 is 0 Å². The summed E-state index contributed by atoms with van der Waals surface area (Å²) in [5, 5.41) is 0. The van der Waals surface area contributed by atoms with Crippen LogP contribution in [0.1, 0.15) is 97.1 Å². The Hall–Kier alpha value is -1.29. The highest BCUT2D eigenvalue weighted by Gasteiger charge is 2.29. The average molecular weight is 375 g/mol. The minimum Gasteiger partial charge on any atom is -0.444 e. The van der Waals surface area contributed by atoms with E-state index in [2.05, 4.69) is 76.3 Å². The van der Waals surface area contributed by atoms with E-state index in [1.54, 1.807) is 0 Å². The summed E-state index contributed by atoms with van der Waals surface area (Å²) < 4.78 is 5.69. The van der Waals surface area contributed by atoms with Crippen molar-refractivity contribution in [2.45, 2.75) is 89.7 Å². The molecule has 0 aliphatic rings. The van der Waals surface area contributed by atoms with Crippen LogP contribution in [0.25, 0.3) is 0 Å². The number of nitrogens with zero attached hydrogens (tertiary/aromatic N) is 2. The van der Waals surface area contributed by atoms with Crippen molar-refractivity contribution in [3.05, 3.63) is 47.4 Å². The molecule has 0 aliphatic carbocycles. The van der Waals surface area contributed by atoms with Crippen LogP contribution in [-0.2, 0) is 15.6 Å². The van der Waals surface area contributed by atoms with E-state index in [1.165, 1.54) is 5.56 Å². The number of hydrogen-bond donors (Lipinski definition) is 1. The first-order valence-corrected chi connectivity index (χ1v) is 9.91. The molecule has 2 aromatic heterocycles. The van der Waals surface area contributed by atoms with E-state index in [0.717, 1.165) is 30.2 Å². The maximum absolute atomic E-state index is 6.00. The monoisotopic (exact) mass is 374 g/mol. The Morgan fingerprint density at radius 2 is 1.65 bits per heavy atom. The van der Waals surface area contributed by atoms with Crippen LogP contribution in [0.2, 0.25) is 0 Å². The van der Waals surface area contributed by atoms with Gasteiger partial charge in [-0.3, -0.25) is 4.98 Å². The Morgan fingerprint density at radius 1 is 1.00 bits per heavy atom. The summed E-state index contributed by atoms with van der Waals surface area (Å²) in [7, 11) is 0. The maximum atomic E-state index is 6.00. The van der Waals surface area contributed by atoms with Crippen LogP contribution in [0.3, 0.4) is 0 Å². The summed E-state index contributed by atoms with van der Waals surface area (Å²) >= 11 is 4.57. The Morgan fingerprint density at radius 3 is 2.12 bits per heavy atom. The third-order valence-corrected chi connectivity index (χ3v) is 5.23. The van der Waals surface area contributed by atoms with Gasteiger partial charge in [-0.05, 0) is 44.2 Å². The van der Waals surface area contributed by atoms with Gasteiger partial charge in [0.2, 0.25) is 0 Å². The lowest BCUT2D eigenvalue weighted by Gasteiger charge is -2.24. The Kier molecular flexibility index (Phi) is 5.96. The molecule has 0 fully saturated rings. The molecule has 1 unspecified atom stereocenters. The van der Waals surface area contributed by atoms with Gasteiger partial charge in [0.25, 0.3) is 0 Å². The van der Waals surface area contributed by atoms with E-state index in [4.69, 9.17) is 4.42 Å². The van der Waals surface area contributed by atoms with Crippen LogP contribution in [0.15, 0.2) is 28.9 Å². The van der Waals surface area contributed by atoms with E-state index in [-0.39, 0.29) is 15.6 Å². The Bertz CT molecular complexity index is 718. The molecule has 26 heavy (non-hydrogen) atoms. The molecule has 4 heteroatoms. The minimum atomic E-state index is -0.310. The van der Waals surface area contributed by atoms with Crippen LogP contribution >= 0.6 is 12.6 Å². The first kappa shape index (κ1) is 21.0. The third-order valence-electron chi connectivity index (χ3n) is 5.01. The van der Waals surface area contributed by atoms with Crippen molar-refractivity contribution < 1.29 is 4.42 Å². The minimum absolute atomic E-state index is 0.0905. The second-order valence-corrected chi connectivity index (χ2v) is 10.8. The van der Waals surface area contributed by atoms with E-state index < -0.39 is 0 Å². The topological polar surface area (TPSA) is 38.9 Å². The molecular formula is C22H34N2OS. The number of rotatable bonds is 6.